The zero-order valence-corrected chi connectivity index (χ0v) is 16.0. The van der Waals surface area contributed by atoms with Gasteiger partial charge in [0, 0.05) is 9.86 Å². The smallest absolute Gasteiger partial charge is 0.349 e. The number of amides is 1. The molecule has 0 fully saturated rings. The Labute approximate surface area is 163 Å². The molecule has 0 saturated carbocycles. The van der Waals surface area contributed by atoms with Crippen molar-refractivity contribution in [3.8, 4) is 0 Å². The van der Waals surface area contributed by atoms with E-state index in [1.54, 1.807) is 48.5 Å². The van der Waals surface area contributed by atoms with Crippen molar-refractivity contribution < 1.29 is 18.7 Å². The van der Waals surface area contributed by atoms with Gasteiger partial charge in [0.1, 0.15) is 11.1 Å². The zero-order valence-electron chi connectivity index (χ0n) is 14.4. The maximum atomic E-state index is 12.7. The van der Waals surface area contributed by atoms with Crippen molar-refractivity contribution in [1.82, 2.24) is 5.32 Å². The number of ether oxygens (including phenoxy) is 1. The number of rotatable bonds is 5. The van der Waals surface area contributed by atoms with Crippen LogP contribution in [0.3, 0.4) is 0 Å². The summed E-state index contributed by atoms with van der Waals surface area (Å²) in [4.78, 5) is 36.6. The number of esters is 1. The number of fused-ring (bicyclic) bond motifs is 1. The number of carbonyl (C=O) groups excluding carboxylic acids is 2. The molecule has 0 aliphatic heterocycles. The van der Waals surface area contributed by atoms with Gasteiger partial charge in [-0.1, -0.05) is 46.3 Å². The molecule has 1 amide bonds. The van der Waals surface area contributed by atoms with E-state index >= 15 is 0 Å². The predicted octanol–water partition coefficient (Wildman–Crippen LogP) is 3.59. The number of hydrogen-bond acceptors (Lipinski definition) is 5. The van der Waals surface area contributed by atoms with Gasteiger partial charge in [0.25, 0.3) is 5.91 Å². The summed E-state index contributed by atoms with van der Waals surface area (Å²) in [6.45, 7) is 0. The molecule has 6 nitrogen and oxygen atoms in total. The highest BCUT2D eigenvalue weighted by Gasteiger charge is 2.22. The Balaban J connectivity index is 1.92. The molecule has 1 N–H and O–H groups in total. The van der Waals surface area contributed by atoms with Crippen molar-refractivity contribution in [1.29, 1.82) is 0 Å². The first kappa shape index (κ1) is 18.8. The SMILES string of the molecule is COC(=O)CC(NC(=O)c1cc2ccccc2oc1=O)c1ccc(Br)cc1. The quantitative estimate of drug-likeness (QED) is 0.494. The van der Waals surface area contributed by atoms with Crippen molar-refractivity contribution in [2.45, 2.75) is 12.5 Å². The lowest BCUT2D eigenvalue weighted by Gasteiger charge is -2.18. The summed E-state index contributed by atoms with van der Waals surface area (Å²) in [6.07, 6.45) is -0.0667. The third-order valence-corrected chi connectivity index (χ3v) is 4.59. The van der Waals surface area contributed by atoms with E-state index in [0.717, 1.165) is 4.47 Å². The Morgan fingerprint density at radius 1 is 1.15 bits per heavy atom. The third kappa shape index (κ3) is 4.43. The van der Waals surface area contributed by atoms with Crippen LogP contribution >= 0.6 is 15.9 Å². The van der Waals surface area contributed by atoms with Gasteiger partial charge in [0.05, 0.1) is 19.6 Å². The summed E-state index contributed by atoms with van der Waals surface area (Å²) in [6, 6.07) is 14.9. The Bertz CT molecular complexity index is 1040. The standard InChI is InChI=1S/C20H16BrNO5/c1-26-18(23)11-16(12-6-8-14(21)9-7-12)22-19(24)15-10-13-4-2-3-5-17(13)27-20(15)25/h2-10,16H,11H2,1H3,(H,22,24). The summed E-state index contributed by atoms with van der Waals surface area (Å²) < 4.78 is 10.8. The normalized spacial score (nSPS) is 11.8. The van der Waals surface area contributed by atoms with Crippen molar-refractivity contribution in [2.24, 2.45) is 0 Å². The second-order valence-corrected chi connectivity index (χ2v) is 6.76. The third-order valence-electron chi connectivity index (χ3n) is 4.06. The van der Waals surface area contributed by atoms with Crippen molar-refractivity contribution >= 4 is 38.8 Å². The average Bonchev–Trinajstić information content (AvgIpc) is 2.67. The van der Waals surface area contributed by atoms with Gasteiger partial charge >= 0.3 is 11.6 Å². The molecule has 1 atom stereocenters. The largest absolute Gasteiger partial charge is 0.469 e. The molecule has 3 aromatic rings. The number of nitrogens with one attached hydrogen (secondary N) is 1. The lowest BCUT2D eigenvalue weighted by atomic mass is 10.0. The maximum absolute atomic E-state index is 12.7. The van der Waals surface area contributed by atoms with Gasteiger partial charge in [-0.25, -0.2) is 4.79 Å². The molecular weight excluding hydrogens is 414 g/mol. The molecule has 138 valence electrons. The zero-order chi connectivity index (χ0) is 19.4. The van der Waals surface area contributed by atoms with E-state index in [1.807, 2.05) is 0 Å². The second-order valence-electron chi connectivity index (χ2n) is 5.84. The van der Waals surface area contributed by atoms with Crippen LogP contribution in [-0.2, 0) is 9.53 Å². The first-order valence-corrected chi connectivity index (χ1v) is 8.93. The summed E-state index contributed by atoms with van der Waals surface area (Å²) in [5.74, 6) is -1.10. The van der Waals surface area contributed by atoms with Gasteiger partial charge in [-0.2, -0.15) is 0 Å². The van der Waals surface area contributed by atoms with E-state index in [1.165, 1.54) is 13.2 Å². The van der Waals surface area contributed by atoms with Crippen LogP contribution in [0.1, 0.15) is 28.4 Å². The topological polar surface area (TPSA) is 85.6 Å². The lowest BCUT2D eigenvalue weighted by molar-refractivity contribution is -0.141. The molecule has 3 rings (SSSR count). The van der Waals surface area contributed by atoms with Gasteiger partial charge in [-0.05, 0) is 29.8 Å². The van der Waals surface area contributed by atoms with Crippen LogP contribution in [0.25, 0.3) is 11.0 Å². The fourth-order valence-corrected chi connectivity index (χ4v) is 2.92. The van der Waals surface area contributed by atoms with E-state index in [0.29, 0.717) is 16.5 Å². The monoisotopic (exact) mass is 429 g/mol. The maximum Gasteiger partial charge on any atom is 0.349 e. The number of benzene rings is 2. The van der Waals surface area contributed by atoms with Gasteiger partial charge in [0.2, 0.25) is 0 Å². The van der Waals surface area contributed by atoms with E-state index < -0.39 is 23.5 Å². The van der Waals surface area contributed by atoms with E-state index in [2.05, 4.69) is 21.2 Å². The number of methoxy groups -OCH3 is 1. The number of halogens is 1. The van der Waals surface area contributed by atoms with Gasteiger partial charge < -0.3 is 14.5 Å². The van der Waals surface area contributed by atoms with Crippen LogP contribution in [0, 0.1) is 0 Å². The molecule has 2 aromatic carbocycles. The minimum absolute atomic E-state index is 0.0667. The molecule has 1 heterocycles. The van der Waals surface area contributed by atoms with Crippen molar-refractivity contribution in [3.63, 3.8) is 0 Å². The van der Waals surface area contributed by atoms with Crippen LogP contribution in [0.15, 0.2) is 68.3 Å². The molecule has 1 aromatic heterocycles. The number of carbonyl (C=O) groups is 2. The van der Waals surface area contributed by atoms with Crippen molar-refractivity contribution in [3.05, 3.63) is 80.6 Å². The molecule has 0 aliphatic carbocycles. The van der Waals surface area contributed by atoms with Gasteiger partial charge in [-0.3, -0.25) is 9.59 Å². The first-order valence-electron chi connectivity index (χ1n) is 8.14. The van der Waals surface area contributed by atoms with Crippen LogP contribution in [0.2, 0.25) is 0 Å². The second kappa shape index (κ2) is 8.18. The van der Waals surface area contributed by atoms with E-state index in [9.17, 15) is 14.4 Å². The minimum atomic E-state index is -0.737. The van der Waals surface area contributed by atoms with Crippen LogP contribution in [0.5, 0.6) is 0 Å². The summed E-state index contributed by atoms with van der Waals surface area (Å²) >= 11 is 3.35. The van der Waals surface area contributed by atoms with Crippen molar-refractivity contribution in [2.75, 3.05) is 7.11 Å². The molecule has 0 aliphatic rings. The van der Waals surface area contributed by atoms with E-state index in [-0.39, 0.29) is 12.0 Å². The lowest BCUT2D eigenvalue weighted by Crippen LogP contribution is -2.33. The van der Waals surface area contributed by atoms with E-state index in [4.69, 9.17) is 9.15 Å². The Morgan fingerprint density at radius 2 is 1.85 bits per heavy atom. The molecule has 0 radical (unpaired) electrons. The van der Waals surface area contributed by atoms with Crippen LogP contribution in [0.4, 0.5) is 0 Å². The first-order chi connectivity index (χ1) is 13.0. The Morgan fingerprint density at radius 3 is 2.56 bits per heavy atom. The number of hydrogen-bond donors (Lipinski definition) is 1. The molecule has 27 heavy (non-hydrogen) atoms. The van der Waals surface area contributed by atoms with Gasteiger partial charge in [-0.15, -0.1) is 0 Å². The predicted molar refractivity (Wildman–Crippen MR) is 103 cm³/mol. The molecule has 0 saturated heterocycles. The fraction of sp³-hybridized carbons (Fsp3) is 0.150. The minimum Gasteiger partial charge on any atom is -0.469 e. The molecule has 7 heteroatoms. The summed E-state index contributed by atoms with van der Waals surface area (Å²) in [7, 11) is 1.28. The highest BCUT2D eigenvalue weighted by atomic mass is 79.9. The average molecular weight is 430 g/mol. The van der Waals surface area contributed by atoms with Crippen LogP contribution in [-0.4, -0.2) is 19.0 Å². The van der Waals surface area contributed by atoms with Crippen LogP contribution < -0.4 is 10.9 Å². The summed E-state index contributed by atoms with van der Waals surface area (Å²) in [5.41, 5.74) is 0.250. The molecule has 0 spiro atoms. The highest BCUT2D eigenvalue weighted by molar-refractivity contribution is 9.10. The molecule has 1 unspecified atom stereocenters. The fourth-order valence-electron chi connectivity index (χ4n) is 2.65. The molecular formula is C20H16BrNO5. The Hall–Kier alpha value is -2.93. The van der Waals surface area contributed by atoms with Gasteiger partial charge in [0.15, 0.2) is 0 Å². The molecule has 0 bridgehead atoms. The Kier molecular flexibility index (Phi) is 5.71. The highest BCUT2D eigenvalue weighted by Crippen LogP contribution is 2.21. The summed E-state index contributed by atoms with van der Waals surface area (Å²) in [5, 5.41) is 3.36. The number of para-hydroxylation sites is 1.